The van der Waals surface area contributed by atoms with E-state index in [1.165, 1.54) is 16.8 Å². The van der Waals surface area contributed by atoms with Gasteiger partial charge in [-0.15, -0.1) is 0 Å². The number of hydrogen-bond donors (Lipinski definition) is 0. The van der Waals surface area contributed by atoms with Crippen LogP contribution in [-0.4, -0.2) is 34.0 Å². The van der Waals surface area contributed by atoms with Gasteiger partial charge >= 0.3 is 6.18 Å². The number of carbonyl (C=O) groups is 1. The summed E-state index contributed by atoms with van der Waals surface area (Å²) in [6.07, 6.45) is -0.270. The highest BCUT2D eigenvalue weighted by molar-refractivity contribution is 5.77. The SMILES string of the molecule is O=CN1CC2(CC(Cn3c(C(F)(F)F)cc4cccnc43)C2)C1. The van der Waals surface area contributed by atoms with Crippen LogP contribution in [0.15, 0.2) is 24.4 Å². The Morgan fingerprint density at radius 3 is 2.74 bits per heavy atom. The van der Waals surface area contributed by atoms with Crippen LogP contribution in [0.3, 0.4) is 0 Å². The summed E-state index contributed by atoms with van der Waals surface area (Å²) in [5.41, 5.74) is -0.0837. The van der Waals surface area contributed by atoms with Gasteiger partial charge < -0.3 is 9.47 Å². The van der Waals surface area contributed by atoms with Crippen molar-refractivity contribution in [3.05, 3.63) is 30.1 Å². The van der Waals surface area contributed by atoms with E-state index in [4.69, 9.17) is 0 Å². The average molecular weight is 323 g/mol. The van der Waals surface area contributed by atoms with Crippen molar-refractivity contribution in [3.63, 3.8) is 0 Å². The van der Waals surface area contributed by atoms with Gasteiger partial charge in [0.15, 0.2) is 0 Å². The number of pyridine rings is 1. The zero-order chi connectivity index (χ0) is 16.2. The minimum atomic E-state index is -4.38. The van der Waals surface area contributed by atoms with Crippen LogP contribution in [0.1, 0.15) is 18.5 Å². The van der Waals surface area contributed by atoms with Crippen molar-refractivity contribution in [2.75, 3.05) is 13.1 Å². The van der Waals surface area contributed by atoms with Gasteiger partial charge in [0.2, 0.25) is 6.41 Å². The van der Waals surface area contributed by atoms with Gasteiger partial charge in [-0.3, -0.25) is 4.79 Å². The molecule has 2 fully saturated rings. The number of fused-ring (bicyclic) bond motifs is 1. The molecule has 7 heteroatoms. The van der Waals surface area contributed by atoms with Crippen LogP contribution in [0.2, 0.25) is 0 Å². The Morgan fingerprint density at radius 1 is 1.35 bits per heavy atom. The predicted molar refractivity (Wildman–Crippen MR) is 77.5 cm³/mol. The van der Waals surface area contributed by atoms with E-state index in [1.54, 1.807) is 17.0 Å². The van der Waals surface area contributed by atoms with Crippen molar-refractivity contribution in [2.24, 2.45) is 11.3 Å². The molecule has 1 saturated carbocycles. The number of carbonyl (C=O) groups excluding carboxylic acids is 1. The summed E-state index contributed by atoms with van der Waals surface area (Å²) in [6.45, 7) is 1.81. The lowest BCUT2D eigenvalue weighted by atomic mass is 9.58. The van der Waals surface area contributed by atoms with Gasteiger partial charge in [-0.05, 0) is 37.0 Å². The molecule has 2 aromatic heterocycles. The molecule has 1 spiro atoms. The minimum Gasteiger partial charge on any atom is -0.344 e. The molecule has 1 aliphatic carbocycles. The van der Waals surface area contributed by atoms with Gasteiger partial charge in [-0.1, -0.05) is 0 Å². The molecule has 4 nitrogen and oxygen atoms in total. The summed E-state index contributed by atoms with van der Waals surface area (Å²) in [5, 5.41) is 0.518. The quantitative estimate of drug-likeness (QED) is 0.815. The lowest BCUT2D eigenvalue weighted by molar-refractivity contribution is -0.148. The number of nitrogens with zero attached hydrogens (tertiary/aromatic N) is 3. The Morgan fingerprint density at radius 2 is 2.09 bits per heavy atom. The van der Waals surface area contributed by atoms with E-state index < -0.39 is 11.9 Å². The molecule has 4 rings (SSSR count). The van der Waals surface area contributed by atoms with Crippen LogP contribution in [-0.2, 0) is 17.5 Å². The summed E-state index contributed by atoms with van der Waals surface area (Å²) in [7, 11) is 0. The molecule has 0 N–H and O–H groups in total. The van der Waals surface area contributed by atoms with Gasteiger partial charge in [0.25, 0.3) is 0 Å². The largest absolute Gasteiger partial charge is 0.431 e. The predicted octanol–water partition coefficient (Wildman–Crippen LogP) is 2.92. The molecule has 0 radical (unpaired) electrons. The first kappa shape index (κ1) is 14.5. The molecule has 0 bridgehead atoms. The molecular weight excluding hydrogens is 307 g/mol. The maximum absolute atomic E-state index is 13.3. The first-order valence-electron chi connectivity index (χ1n) is 7.61. The van der Waals surface area contributed by atoms with E-state index in [0.717, 1.165) is 32.3 Å². The second-order valence-corrected chi connectivity index (χ2v) is 6.84. The molecule has 2 aromatic rings. The Bertz CT molecular complexity index is 754. The van der Waals surface area contributed by atoms with Crippen LogP contribution in [0.25, 0.3) is 11.0 Å². The number of amides is 1. The number of halogens is 3. The number of hydrogen-bond acceptors (Lipinski definition) is 2. The minimum absolute atomic E-state index is 0.153. The number of aromatic nitrogens is 2. The van der Waals surface area contributed by atoms with Crippen molar-refractivity contribution in [3.8, 4) is 0 Å². The van der Waals surface area contributed by atoms with Gasteiger partial charge in [-0.25, -0.2) is 4.98 Å². The van der Waals surface area contributed by atoms with E-state index in [9.17, 15) is 18.0 Å². The van der Waals surface area contributed by atoms with Crippen LogP contribution >= 0.6 is 0 Å². The monoisotopic (exact) mass is 323 g/mol. The summed E-state index contributed by atoms with van der Waals surface area (Å²) in [6, 6.07) is 4.48. The highest BCUT2D eigenvalue weighted by atomic mass is 19.4. The molecule has 122 valence electrons. The Balaban J connectivity index is 1.56. The van der Waals surface area contributed by atoms with Gasteiger partial charge in [0.1, 0.15) is 11.3 Å². The molecule has 2 aliphatic rings. The van der Waals surface area contributed by atoms with E-state index in [-0.39, 0.29) is 11.3 Å². The van der Waals surface area contributed by atoms with Crippen LogP contribution in [0, 0.1) is 11.3 Å². The third kappa shape index (κ3) is 2.29. The molecule has 0 aromatic carbocycles. The Hall–Kier alpha value is -2.05. The van der Waals surface area contributed by atoms with Crippen molar-refractivity contribution in [2.45, 2.75) is 25.6 Å². The van der Waals surface area contributed by atoms with E-state index in [2.05, 4.69) is 4.98 Å². The highest BCUT2D eigenvalue weighted by Crippen LogP contribution is 2.52. The van der Waals surface area contributed by atoms with Crippen LogP contribution in [0.4, 0.5) is 13.2 Å². The van der Waals surface area contributed by atoms with Gasteiger partial charge in [-0.2, -0.15) is 13.2 Å². The second-order valence-electron chi connectivity index (χ2n) is 6.84. The zero-order valence-corrected chi connectivity index (χ0v) is 12.4. The third-order valence-electron chi connectivity index (χ3n) is 5.06. The molecule has 3 heterocycles. The topological polar surface area (TPSA) is 38.1 Å². The summed E-state index contributed by atoms with van der Waals surface area (Å²) in [4.78, 5) is 16.5. The van der Waals surface area contributed by atoms with E-state index in [1.807, 2.05) is 0 Å². The van der Waals surface area contributed by atoms with Gasteiger partial charge in [0, 0.05) is 36.6 Å². The fourth-order valence-corrected chi connectivity index (χ4v) is 4.21. The third-order valence-corrected chi connectivity index (χ3v) is 5.06. The number of rotatable bonds is 3. The molecular formula is C16H16F3N3O. The maximum Gasteiger partial charge on any atom is 0.431 e. The molecule has 0 unspecified atom stereocenters. The van der Waals surface area contributed by atoms with Crippen molar-refractivity contribution >= 4 is 17.4 Å². The van der Waals surface area contributed by atoms with Gasteiger partial charge in [0.05, 0.1) is 0 Å². The highest BCUT2D eigenvalue weighted by Gasteiger charge is 2.52. The smallest absolute Gasteiger partial charge is 0.344 e. The van der Waals surface area contributed by atoms with Crippen molar-refractivity contribution in [1.82, 2.24) is 14.5 Å². The number of likely N-dealkylation sites (tertiary alicyclic amines) is 1. The summed E-state index contributed by atoms with van der Waals surface area (Å²) in [5.74, 6) is 0.211. The van der Waals surface area contributed by atoms with Crippen molar-refractivity contribution < 1.29 is 18.0 Å². The molecule has 23 heavy (non-hydrogen) atoms. The molecule has 1 aliphatic heterocycles. The first-order chi connectivity index (χ1) is 10.9. The van der Waals surface area contributed by atoms with Crippen molar-refractivity contribution in [1.29, 1.82) is 0 Å². The standard InChI is InChI=1S/C16H16F3N3O/c17-16(18,19)13-4-12-2-1-3-20-14(12)22(13)7-11-5-15(6-11)8-21(9-15)10-23/h1-4,10-11H,5-9H2. The van der Waals surface area contributed by atoms with Crippen LogP contribution in [0.5, 0.6) is 0 Å². The van der Waals surface area contributed by atoms with E-state index >= 15 is 0 Å². The number of alkyl halides is 3. The normalized spacial score (nSPS) is 20.6. The summed E-state index contributed by atoms with van der Waals surface area (Å²) < 4.78 is 41.2. The fraction of sp³-hybridized carbons (Fsp3) is 0.500. The first-order valence-corrected chi connectivity index (χ1v) is 7.61. The van der Waals surface area contributed by atoms with Crippen LogP contribution < -0.4 is 0 Å². The maximum atomic E-state index is 13.3. The lowest BCUT2D eigenvalue weighted by Gasteiger charge is -2.58. The molecule has 1 saturated heterocycles. The molecule has 0 atom stereocenters. The molecule has 1 amide bonds. The summed E-state index contributed by atoms with van der Waals surface area (Å²) >= 11 is 0. The Kier molecular flexibility index (Phi) is 2.98. The Labute approximate surface area is 130 Å². The van der Waals surface area contributed by atoms with E-state index in [0.29, 0.717) is 17.6 Å². The second kappa shape index (κ2) is 4.72. The lowest BCUT2D eigenvalue weighted by Crippen LogP contribution is -2.62. The average Bonchev–Trinajstić information content (AvgIpc) is 2.79. The zero-order valence-electron chi connectivity index (χ0n) is 12.4. The fourth-order valence-electron chi connectivity index (χ4n) is 4.21.